The summed E-state index contributed by atoms with van der Waals surface area (Å²) in [6.45, 7) is 0.720. The number of hydrogen-bond acceptors (Lipinski definition) is 6. The normalized spacial score (nSPS) is 16.6. The van der Waals surface area contributed by atoms with Crippen LogP contribution >= 0.6 is 11.8 Å². The van der Waals surface area contributed by atoms with E-state index in [0.29, 0.717) is 18.6 Å². The van der Waals surface area contributed by atoms with Gasteiger partial charge in [-0.15, -0.1) is 0 Å². The van der Waals surface area contributed by atoms with Gasteiger partial charge in [-0.1, -0.05) is 12.1 Å². The summed E-state index contributed by atoms with van der Waals surface area (Å²) in [7, 11) is 1.54. The number of hydrogen-bond donors (Lipinski definition) is 0. The second-order valence-electron chi connectivity index (χ2n) is 4.50. The molecule has 8 heteroatoms. The number of nitro benzene ring substituents is 1. The molecule has 0 unspecified atom stereocenters. The molecule has 0 atom stereocenters. The zero-order chi connectivity index (χ0) is 16.1. The highest BCUT2D eigenvalue weighted by Gasteiger charge is 2.34. The van der Waals surface area contributed by atoms with E-state index in [-0.39, 0.29) is 22.4 Å². The largest absolute Gasteiger partial charge is 0.385 e. The molecule has 1 heterocycles. The lowest BCUT2D eigenvalue weighted by Gasteiger charge is -2.11. The summed E-state index contributed by atoms with van der Waals surface area (Å²) in [4.78, 5) is 35.8. The molecule has 2 rings (SSSR count). The number of benzene rings is 1. The van der Waals surface area contributed by atoms with E-state index >= 15 is 0 Å². The Morgan fingerprint density at radius 1 is 1.36 bits per heavy atom. The maximum atomic E-state index is 12.2. The highest BCUT2D eigenvalue weighted by Crippen LogP contribution is 2.33. The van der Waals surface area contributed by atoms with Crippen molar-refractivity contribution >= 4 is 34.7 Å². The lowest BCUT2D eigenvalue weighted by Crippen LogP contribution is -2.29. The number of nitro groups is 1. The summed E-state index contributed by atoms with van der Waals surface area (Å²) in [5.74, 6) is -0.427. The van der Waals surface area contributed by atoms with Gasteiger partial charge >= 0.3 is 0 Å². The third-order valence-corrected chi connectivity index (χ3v) is 3.93. The van der Waals surface area contributed by atoms with Gasteiger partial charge in [0.2, 0.25) is 0 Å². The van der Waals surface area contributed by atoms with Gasteiger partial charge in [-0.3, -0.25) is 24.6 Å². The maximum Gasteiger partial charge on any atom is 0.293 e. The number of methoxy groups -OCH3 is 1. The molecule has 1 fully saturated rings. The fourth-order valence-electron chi connectivity index (χ4n) is 1.98. The third kappa shape index (κ3) is 3.52. The first-order valence-corrected chi connectivity index (χ1v) is 7.34. The van der Waals surface area contributed by atoms with E-state index in [2.05, 4.69) is 0 Å². The van der Waals surface area contributed by atoms with E-state index in [4.69, 9.17) is 4.74 Å². The highest BCUT2D eigenvalue weighted by atomic mass is 32.2. The van der Waals surface area contributed by atoms with Crippen molar-refractivity contribution in [1.29, 1.82) is 0 Å². The quantitative estimate of drug-likeness (QED) is 0.346. The first-order chi connectivity index (χ1) is 10.5. The molecular formula is C14H14N2O5S. The van der Waals surface area contributed by atoms with Crippen molar-refractivity contribution in [2.45, 2.75) is 6.42 Å². The van der Waals surface area contributed by atoms with Crippen molar-refractivity contribution < 1.29 is 19.2 Å². The van der Waals surface area contributed by atoms with Crippen LogP contribution in [-0.2, 0) is 9.53 Å². The molecule has 0 bridgehead atoms. The first-order valence-electron chi connectivity index (χ1n) is 6.52. The monoisotopic (exact) mass is 322 g/mol. The molecule has 0 spiro atoms. The summed E-state index contributed by atoms with van der Waals surface area (Å²) < 4.78 is 4.89. The molecule has 0 aliphatic carbocycles. The number of rotatable bonds is 6. The van der Waals surface area contributed by atoms with Crippen LogP contribution in [-0.4, -0.2) is 41.2 Å². The fourth-order valence-corrected chi connectivity index (χ4v) is 2.83. The van der Waals surface area contributed by atoms with E-state index in [0.717, 1.165) is 16.7 Å². The van der Waals surface area contributed by atoms with E-state index < -0.39 is 10.8 Å². The van der Waals surface area contributed by atoms with Crippen molar-refractivity contribution in [1.82, 2.24) is 4.90 Å². The van der Waals surface area contributed by atoms with Crippen LogP contribution in [0.5, 0.6) is 0 Å². The molecule has 1 aromatic carbocycles. The zero-order valence-electron chi connectivity index (χ0n) is 11.9. The number of carbonyl (C=O) groups excluding carboxylic acids is 2. The molecule has 2 amide bonds. The average molecular weight is 322 g/mol. The molecular weight excluding hydrogens is 308 g/mol. The molecule has 1 aliphatic rings. The SMILES string of the molecule is COCCCN1C(=O)S/C(=C/c2ccccc2[N+](=O)[O-])C1=O. The molecule has 0 N–H and O–H groups in total. The fraction of sp³-hybridized carbons (Fsp3) is 0.286. The van der Waals surface area contributed by atoms with Crippen molar-refractivity contribution in [3.8, 4) is 0 Å². The van der Waals surface area contributed by atoms with E-state index in [1.54, 1.807) is 19.2 Å². The predicted octanol–water partition coefficient (Wildman–Crippen LogP) is 2.67. The Bertz CT molecular complexity index is 644. The Morgan fingerprint density at radius 2 is 2.09 bits per heavy atom. The molecule has 1 saturated heterocycles. The minimum Gasteiger partial charge on any atom is -0.385 e. The van der Waals surface area contributed by atoms with Crippen LogP contribution in [0.4, 0.5) is 10.5 Å². The van der Waals surface area contributed by atoms with Crippen LogP contribution < -0.4 is 0 Å². The molecule has 0 saturated carbocycles. The van der Waals surface area contributed by atoms with Crippen molar-refractivity contribution in [2.75, 3.05) is 20.3 Å². The topological polar surface area (TPSA) is 89.8 Å². The molecule has 116 valence electrons. The smallest absolute Gasteiger partial charge is 0.293 e. The van der Waals surface area contributed by atoms with Crippen molar-refractivity contribution in [3.63, 3.8) is 0 Å². The van der Waals surface area contributed by atoms with Gasteiger partial charge in [-0.05, 0) is 30.3 Å². The predicted molar refractivity (Wildman–Crippen MR) is 82.3 cm³/mol. The van der Waals surface area contributed by atoms with Gasteiger partial charge in [-0.25, -0.2) is 0 Å². The molecule has 0 radical (unpaired) electrons. The van der Waals surface area contributed by atoms with Gasteiger partial charge in [0, 0.05) is 26.3 Å². The van der Waals surface area contributed by atoms with E-state index in [1.165, 1.54) is 18.2 Å². The van der Waals surface area contributed by atoms with Gasteiger partial charge in [0.15, 0.2) is 0 Å². The summed E-state index contributed by atoms with van der Waals surface area (Å²) in [6, 6.07) is 6.08. The second kappa shape index (κ2) is 7.19. The van der Waals surface area contributed by atoms with E-state index in [9.17, 15) is 19.7 Å². The summed E-state index contributed by atoms with van der Waals surface area (Å²) in [5.41, 5.74) is 0.198. The lowest BCUT2D eigenvalue weighted by molar-refractivity contribution is -0.385. The second-order valence-corrected chi connectivity index (χ2v) is 5.49. The number of thioether (sulfide) groups is 1. The third-order valence-electron chi connectivity index (χ3n) is 3.02. The summed E-state index contributed by atoms with van der Waals surface area (Å²) in [6.07, 6.45) is 1.94. The molecule has 0 aromatic heterocycles. The number of imide groups is 1. The first kappa shape index (κ1) is 16.2. The molecule has 1 aliphatic heterocycles. The highest BCUT2D eigenvalue weighted by molar-refractivity contribution is 8.18. The minimum absolute atomic E-state index is 0.103. The van der Waals surface area contributed by atoms with Crippen LogP contribution in [0.15, 0.2) is 29.2 Å². The summed E-state index contributed by atoms with van der Waals surface area (Å²) in [5, 5.41) is 10.6. The maximum absolute atomic E-state index is 12.2. The van der Waals surface area contributed by atoms with Gasteiger partial charge in [0.05, 0.1) is 15.4 Å². The van der Waals surface area contributed by atoms with E-state index in [1.807, 2.05) is 0 Å². The Kier molecular flexibility index (Phi) is 5.29. The lowest BCUT2D eigenvalue weighted by atomic mass is 10.1. The standard InChI is InChI=1S/C14H14N2O5S/c1-21-8-4-7-15-13(17)12(22-14(15)18)9-10-5-2-3-6-11(10)16(19)20/h2-3,5-6,9H,4,7-8H2,1H3/b12-9+. The van der Waals surface area contributed by atoms with Gasteiger partial charge in [0.1, 0.15) is 0 Å². The van der Waals surface area contributed by atoms with Crippen LogP contribution in [0.3, 0.4) is 0 Å². The Hall–Kier alpha value is -2.19. The Labute approximate surface area is 131 Å². The number of nitrogens with zero attached hydrogens (tertiary/aromatic N) is 2. The van der Waals surface area contributed by atoms with Crippen LogP contribution in [0.25, 0.3) is 6.08 Å². The average Bonchev–Trinajstić information content (AvgIpc) is 2.75. The minimum atomic E-state index is -0.519. The van der Waals surface area contributed by atoms with Crippen LogP contribution in [0.2, 0.25) is 0 Å². The van der Waals surface area contributed by atoms with Gasteiger partial charge < -0.3 is 4.74 Å². The Balaban J connectivity index is 2.22. The van der Waals surface area contributed by atoms with Crippen molar-refractivity contribution in [3.05, 3.63) is 44.8 Å². The molecule has 7 nitrogen and oxygen atoms in total. The summed E-state index contributed by atoms with van der Waals surface area (Å²) >= 11 is 0.790. The molecule has 1 aromatic rings. The van der Waals surface area contributed by atoms with Crippen LogP contribution in [0, 0.1) is 10.1 Å². The number of amides is 2. The van der Waals surface area contributed by atoms with Gasteiger partial charge in [0.25, 0.3) is 16.8 Å². The zero-order valence-corrected chi connectivity index (χ0v) is 12.7. The number of ether oxygens (including phenoxy) is 1. The molecule has 22 heavy (non-hydrogen) atoms. The van der Waals surface area contributed by atoms with Gasteiger partial charge in [-0.2, -0.15) is 0 Å². The Morgan fingerprint density at radius 3 is 2.77 bits per heavy atom. The van der Waals surface area contributed by atoms with Crippen molar-refractivity contribution in [2.24, 2.45) is 0 Å². The van der Waals surface area contributed by atoms with Crippen LogP contribution in [0.1, 0.15) is 12.0 Å². The number of carbonyl (C=O) groups is 2. The number of para-hydroxylation sites is 1.